The number of rotatable bonds is 1. The van der Waals surface area contributed by atoms with Crippen LogP contribution in [0.25, 0.3) is 44.0 Å². The molecule has 3 heterocycles. The van der Waals surface area contributed by atoms with Crippen molar-refractivity contribution in [1.82, 2.24) is 15.0 Å². The van der Waals surface area contributed by atoms with Gasteiger partial charge in [-0.2, -0.15) is 0 Å². The SMILES string of the molecule is c1ccc(-c2c[nH]c3cc4[nH]c5ncccc5c4cc23)cc1. The van der Waals surface area contributed by atoms with Crippen LogP contribution in [0, 0.1) is 0 Å². The van der Waals surface area contributed by atoms with Gasteiger partial charge >= 0.3 is 0 Å². The van der Waals surface area contributed by atoms with Crippen LogP contribution in [-0.4, -0.2) is 15.0 Å². The van der Waals surface area contributed by atoms with Crippen LogP contribution in [0.5, 0.6) is 0 Å². The van der Waals surface area contributed by atoms with Crippen LogP contribution in [0.1, 0.15) is 0 Å². The zero-order chi connectivity index (χ0) is 14.5. The molecule has 0 saturated heterocycles. The first kappa shape index (κ1) is 11.6. The summed E-state index contributed by atoms with van der Waals surface area (Å²) in [6.45, 7) is 0. The smallest absolute Gasteiger partial charge is 0.138 e. The zero-order valence-electron chi connectivity index (χ0n) is 11.8. The molecule has 0 fully saturated rings. The third-order valence-corrected chi connectivity index (χ3v) is 4.26. The maximum Gasteiger partial charge on any atom is 0.138 e. The first-order valence-corrected chi connectivity index (χ1v) is 7.33. The monoisotopic (exact) mass is 283 g/mol. The molecule has 0 atom stereocenters. The Morgan fingerprint density at radius 2 is 1.68 bits per heavy atom. The third kappa shape index (κ3) is 1.53. The Bertz CT molecular complexity index is 1120. The maximum atomic E-state index is 4.41. The lowest BCUT2D eigenvalue weighted by molar-refractivity contribution is 1.35. The molecule has 3 aromatic heterocycles. The van der Waals surface area contributed by atoms with Gasteiger partial charge in [0.25, 0.3) is 0 Å². The number of aromatic nitrogens is 3. The quantitative estimate of drug-likeness (QED) is 0.453. The highest BCUT2D eigenvalue weighted by Crippen LogP contribution is 2.33. The predicted molar refractivity (Wildman–Crippen MR) is 90.9 cm³/mol. The number of hydrogen-bond acceptors (Lipinski definition) is 1. The van der Waals surface area contributed by atoms with Crippen LogP contribution in [0.4, 0.5) is 0 Å². The molecule has 0 aliphatic carbocycles. The van der Waals surface area contributed by atoms with E-state index in [4.69, 9.17) is 0 Å². The average Bonchev–Trinajstić information content (AvgIpc) is 3.14. The van der Waals surface area contributed by atoms with Gasteiger partial charge in [0.1, 0.15) is 5.65 Å². The first-order valence-electron chi connectivity index (χ1n) is 7.33. The van der Waals surface area contributed by atoms with E-state index in [-0.39, 0.29) is 0 Å². The molecule has 104 valence electrons. The van der Waals surface area contributed by atoms with Gasteiger partial charge in [-0.3, -0.25) is 0 Å². The summed E-state index contributed by atoms with van der Waals surface area (Å²) < 4.78 is 0. The number of H-pyrrole nitrogens is 2. The van der Waals surface area contributed by atoms with Gasteiger partial charge in [0.05, 0.1) is 0 Å². The Morgan fingerprint density at radius 3 is 2.59 bits per heavy atom. The summed E-state index contributed by atoms with van der Waals surface area (Å²) in [5.74, 6) is 0. The minimum atomic E-state index is 0.936. The van der Waals surface area contributed by atoms with E-state index in [2.05, 4.69) is 63.6 Å². The molecule has 5 rings (SSSR count). The molecule has 0 radical (unpaired) electrons. The van der Waals surface area contributed by atoms with Crippen molar-refractivity contribution in [2.24, 2.45) is 0 Å². The third-order valence-electron chi connectivity index (χ3n) is 4.26. The molecule has 0 saturated carbocycles. The standard InChI is InChI=1S/C19H13N3/c1-2-5-12(6-3-1)16-11-21-17-10-18-14(9-15(16)17)13-7-4-8-20-19(13)22-18/h1-11,21H,(H,20,22). The Hall–Kier alpha value is -3.07. The predicted octanol–water partition coefficient (Wildman–Crippen LogP) is 4.86. The number of benzene rings is 2. The number of fused-ring (bicyclic) bond motifs is 4. The van der Waals surface area contributed by atoms with E-state index in [1.54, 1.807) is 0 Å². The molecule has 2 aromatic carbocycles. The van der Waals surface area contributed by atoms with Gasteiger partial charge in [0.15, 0.2) is 0 Å². The molecule has 0 spiro atoms. The van der Waals surface area contributed by atoms with Crippen LogP contribution >= 0.6 is 0 Å². The van der Waals surface area contributed by atoms with Crippen LogP contribution in [-0.2, 0) is 0 Å². The lowest BCUT2D eigenvalue weighted by Gasteiger charge is -1.99. The highest BCUT2D eigenvalue weighted by molar-refractivity contribution is 6.12. The number of nitrogens with one attached hydrogen (secondary N) is 2. The van der Waals surface area contributed by atoms with Crippen molar-refractivity contribution in [2.45, 2.75) is 0 Å². The zero-order valence-corrected chi connectivity index (χ0v) is 11.8. The van der Waals surface area contributed by atoms with Crippen molar-refractivity contribution < 1.29 is 0 Å². The Kier molecular flexibility index (Phi) is 2.22. The lowest BCUT2D eigenvalue weighted by Crippen LogP contribution is -1.75. The van der Waals surface area contributed by atoms with Gasteiger partial charge in [-0.1, -0.05) is 30.3 Å². The van der Waals surface area contributed by atoms with E-state index >= 15 is 0 Å². The number of aromatic amines is 2. The van der Waals surface area contributed by atoms with E-state index in [1.165, 1.54) is 27.3 Å². The maximum absolute atomic E-state index is 4.41. The summed E-state index contributed by atoms with van der Waals surface area (Å²) in [7, 11) is 0. The second-order valence-corrected chi connectivity index (χ2v) is 5.54. The number of pyridine rings is 1. The highest BCUT2D eigenvalue weighted by Gasteiger charge is 2.10. The van der Waals surface area contributed by atoms with E-state index in [0.717, 1.165) is 16.7 Å². The molecule has 3 heteroatoms. The molecule has 3 nitrogen and oxygen atoms in total. The summed E-state index contributed by atoms with van der Waals surface area (Å²) in [5, 5.41) is 3.62. The van der Waals surface area contributed by atoms with Gasteiger partial charge < -0.3 is 9.97 Å². The first-order chi connectivity index (χ1) is 10.9. The Balaban J connectivity index is 1.89. The average molecular weight is 283 g/mol. The van der Waals surface area contributed by atoms with E-state index < -0.39 is 0 Å². The Morgan fingerprint density at radius 1 is 0.773 bits per heavy atom. The van der Waals surface area contributed by atoms with Crippen molar-refractivity contribution in [3.05, 3.63) is 67.0 Å². The van der Waals surface area contributed by atoms with Crippen molar-refractivity contribution in [2.75, 3.05) is 0 Å². The van der Waals surface area contributed by atoms with Crippen molar-refractivity contribution in [1.29, 1.82) is 0 Å². The van der Waals surface area contributed by atoms with Gasteiger partial charge in [0.2, 0.25) is 0 Å². The molecule has 5 aromatic rings. The topological polar surface area (TPSA) is 44.5 Å². The summed E-state index contributed by atoms with van der Waals surface area (Å²) >= 11 is 0. The second-order valence-electron chi connectivity index (χ2n) is 5.54. The molecule has 0 amide bonds. The van der Waals surface area contributed by atoms with Gasteiger partial charge in [-0.25, -0.2) is 4.98 Å². The van der Waals surface area contributed by atoms with Gasteiger partial charge in [-0.05, 0) is 29.8 Å². The molecular weight excluding hydrogens is 270 g/mol. The summed E-state index contributed by atoms with van der Waals surface area (Å²) in [6, 6.07) is 19.0. The van der Waals surface area contributed by atoms with Gasteiger partial charge in [-0.15, -0.1) is 0 Å². The van der Waals surface area contributed by atoms with Gasteiger partial charge in [0, 0.05) is 45.1 Å². The molecule has 0 aliphatic rings. The minimum Gasteiger partial charge on any atom is -0.360 e. The minimum absolute atomic E-state index is 0.936. The normalized spacial score (nSPS) is 11.6. The van der Waals surface area contributed by atoms with E-state index in [9.17, 15) is 0 Å². The van der Waals surface area contributed by atoms with Crippen molar-refractivity contribution >= 4 is 32.8 Å². The van der Waals surface area contributed by atoms with Crippen LogP contribution in [0.3, 0.4) is 0 Å². The molecule has 22 heavy (non-hydrogen) atoms. The van der Waals surface area contributed by atoms with Crippen LogP contribution < -0.4 is 0 Å². The van der Waals surface area contributed by atoms with Crippen LogP contribution in [0.15, 0.2) is 67.0 Å². The lowest BCUT2D eigenvalue weighted by atomic mass is 10.0. The molecular formula is C19H13N3. The van der Waals surface area contributed by atoms with Crippen molar-refractivity contribution in [3.63, 3.8) is 0 Å². The molecule has 0 aliphatic heterocycles. The fourth-order valence-corrected chi connectivity index (χ4v) is 3.20. The number of nitrogens with zero attached hydrogens (tertiary/aromatic N) is 1. The van der Waals surface area contributed by atoms with E-state index in [1.807, 2.05) is 18.3 Å². The highest BCUT2D eigenvalue weighted by atomic mass is 14.8. The molecule has 0 bridgehead atoms. The largest absolute Gasteiger partial charge is 0.360 e. The molecule has 0 unspecified atom stereocenters. The van der Waals surface area contributed by atoms with Crippen LogP contribution in [0.2, 0.25) is 0 Å². The molecule has 2 N–H and O–H groups in total. The van der Waals surface area contributed by atoms with E-state index in [0.29, 0.717) is 0 Å². The fraction of sp³-hybridized carbons (Fsp3) is 0. The van der Waals surface area contributed by atoms with Crippen molar-refractivity contribution in [3.8, 4) is 11.1 Å². The second kappa shape index (κ2) is 4.21. The Labute approximate surface area is 126 Å². The fourth-order valence-electron chi connectivity index (χ4n) is 3.20. The summed E-state index contributed by atoms with van der Waals surface area (Å²) in [6.07, 6.45) is 3.90. The summed E-state index contributed by atoms with van der Waals surface area (Å²) in [5.41, 5.74) is 5.65. The number of hydrogen-bond donors (Lipinski definition) is 2. The summed E-state index contributed by atoms with van der Waals surface area (Å²) in [4.78, 5) is 11.2.